The number of benzene rings is 2. The summed E-state index contributed by atoms with van der Waals surface area (Å²) in [7, 11) is 1.72. The number of nitrogens with zero attached hydrogens (tertiary/aromatic N) is 1. The zero-order chi connectivity index (χ0) is 16.7. The van der Waals surface area contributed by atoms with Gasteiger partial charge >= 0.3 is 0 Å². The molecule has 0 aliphatic carbocycles. The monoisotopic (exact) mass is 307 g/mol. The van der Waals surface area contributed by atoms with E-state index in [-0.39, 0.29) is 0 Å². The molecule has 0 amide bonds. The van der Waals surface area contributed by atoms with E-state index in [0.717, 1.165) is 35.5 Å². The molecule has 0 unspecified atom stereocenters. The lowest BCUT2D eigenvalue weighted by molar-refractivity contribution is 0.413. The van der Waals surface area contributed by atoms with Crippen LogP contribution in [0.2, 0.25) is 0 Å². The fourth-order valence-corrected chi connectivity index (χ4v) is 2.76. The van der Waals surface area contributed by atoms with Gasteiger partial charge in [0.05, 0.1) is 7.11 Å². The molecule has 0 saturated heterocycles. The van der Waals surface area contributed by atoms with Crippen molar-refractivity contribution in [3.63, 3.8) is 0 Å². The molecule has 2 rings (SSSR count). The largest absolute Gasteiger partial charge is 0.496 e. The number of ether oxygens (including phenoxy) is 1. The molecule has 0 radical (unpaired) electrons. The number of methoxy groups -OCH3 is 1. The van der Waals surface area contributed by atoms with Crippen LogP contribution in [0.25, 0.3) is 5.57 Å². The Balaban J connectivity index is 2.52. The molecule has 0 saturated carbocycles. The van der Waals surface area contributed by atoms with Crippen LogP contribution in [0.5, 0.6) is 5.75 Å². The van der Waals surface area contributed by atoms with Gasteiger partial charge in [-0.25, -0.2) is 0 Å². The van der Waals surface area contributed by atoms with Gasteiger partial charge in [-0.15, -0.1) is 0 Å². The Bertz CT molecular complexity index is 669. The first-order valence-electron chi connectivity index (χ1n) is 8.06. The van der Waals surface area contributed by atoms with Crippen LogP contribution in [0.15, 0.2) is 67.3 Å². The van der Waals surface area contributed by atoms with Gasteiger partial charge in [0.15, 0.2) is 0 Å². The summed E-state index contributed by atoms with van der Waals surface area (Å²) in [6.07, 6.45) is 3.85. The van der Waals surface area contributed by atoms with Crippen molar-refractivity contribution in [1.29, 1.82) is 0 Å². The second-order valence-corrected chi connectivity index (χ2v) is 5.24. The van der Waals surface area contributed by atoms with Gasteiger partial charge in [-0.1, -0.05) is 49.1 Å². The Labute approximate surface area is 139 Å². The van der Waals surface area contributed by atoms with Gasteiger partial charge in [0.25, 0.3) is 0 Å². The molecule has 120 valence electrons. The molecular weight excluding hydrogens is 282 g/mol. The van der Waals surface area contributed by atoms with Crippen molar-refractivity contribution in [3.8, 4) is 5.75 Å². The smallest absolute Gasteiger partial charge is 0.128 e. The SMILES string of the molecule is C=CC=C(c1ccccc1)c1ccc(N(CC)CC)cc1OC. The Morgan fingerprint density at radius 1 is 1.09 bits per heavy atom. The summed E-state index contributed by atoms with van der Waals surface area (Å²) in [4.78, 5) is 2.31. The standard InChI is InChI=1S/C21H25NO/c1-5-11-19(17-12-9-8-10-13-17)20-15-14-18(16-21(20)23-4)22(6-2)7-3/h5,8-16H,1,6-7H2,2-4H3. The predicted molar refractivity (Wildman–Crippen MR) is 100 cm³/mol. The molecule has 0 fully saturated rings. The van der Waals surface area contributed by atoms with E-state index >= 15 is 0 Å². The van der Waals surface area contributed by atoms with Crippen LogP contribution < -0.4 is 9.64 Å². The van der Waals surface area contributed by atoms with Crippen molar-refractivity contribution < 1.29 is 4.74 Å². The number of hydrogen-bond acceptors (Lipinski definition) is 2. The molecule has 0 bridgehead atoms. The fourth-order valence-electron chi connectivity index (χ4n) is 2.76. The molecule has 0 heterocycles. The van der Waals surface area contributed by atoms with Crippen molar-refractivity contribution in [2.24, 2.45) is 0 Å². The quantitative estimate of drug-likeness (QED) is 0.655. The first-order chi connectivity index (χ1) is 11.2. The molecule has 2 nitrogen and oxygen atoms in total. The average molecular weight is 307 g/mol. The minimum Gasteiger partial charge on any atom is -0.496 e. The van der Waals surface area contributed by atoms with E-state index in [4.69, 9.17) is 4.74 Å². The molecule has 2 heteroatoms. The lowest BCUT2D eigenvalue weighted by Crippen LogP contribution is -2.21. The molecule has 0 N–H and O–H groups in total. The molecule has 0 aliphatic heterocycles. The molecule has 0 aromatic heterocycles. The Kier molecular flexibility index (Phi) is 6.04. The third kappa shape index (κ3) is 3.84. The van der Waals surface area contributed by atoms with Gasteiger partial charge in [-0.05, 0) is 37.1 Å². The third-order valence-electron chi connectivity index (χ3n) is 3.97. The van der Waals surface area contributed by atoms with E-state index in [1.165, 1.54) is 5.69 Å². The highest BCUT2D eigenvalue weighted by Gasteiger charge is 2.12. The summed E-state index contributed by atoms with van der Waals surface area (Å²) in [5, 5.41) is 0. The lowest BCUT2D eigenvalue weighted by atomic mass is 9.96. The maximum atomic E-state index is 5.67. The highest BCUT2D eigenvalue weighted by molar-refractivity contribution is 5.84. The molecule has 0 atom stereocenters. The Morgan fingerprint density at radius 3 is 2.35 bits per heavy atom. The topological polar surface area (TPSA) is 12.5 Å². The molecule has 0 spiro atoms. The van der Waals surface area contributed by atoms with E-state index in [1.54, 1.807) is 7.11 Å². The number of rotatable bonds is 7. The van der Waals surface area contributed by atoms with Gasteiger partial charge in [-0.3, -0.25) is 0 Å². The second-order valence-electron chi connectivity index (χ2n) is 5.24. The van der Waals surface area contributed by atoms with Crippen molar-refractivity contribution in [3.05, 3.63) is 78.4 Å². The number of anilines is 1. The van der Waals surface area contributed by atoms with Crippen LogP contribution in [0.3, 0.4) is 0 Å². The first-order valence-corrected chi connectivity index (χ1v) is 8.06. The zero-order valence-corrected chi connectivity index (χ0v) is 14.3. The summed E-state index contributed by atoms with van der Waals surface area (Å²) in [5.74, 6) is 0.881. The molecular formula is C21H25NO. The Morgan fingerprint density at radius 2 is 1.78 bits per heavy atom. The number of allylic oxidation sites excluding steroid dienone is 2. The van der Waals surface area contributed by atoms with Gasteiger partial charge in [0.1, 0.15) is 5.75 Å². The minimum atomic E-state index is 0.881. The maximum absolute atomic E-state index is 5.67. The van der Waals surface area contributed by atoms with Crippen molar-refractivity contribution in [2.45, 2.75) is 13.8 Å². The van der Waals surface area contributed by atoms with Gasteiger partial charge in [0.2, 0.25) is 0 Å². The lowest BCUT2D eigenvalue weighted by Gasteiger charge is -2.23. The van der Waals surface area contributed by atoms with E-state index < -0.39 is 0 Å². The van der Waals surface area contributed by atoms with E-state index in [0.29, 0.717) is 0 Å². The summed E-state index contributed by atoms with van der Waals surface area (Å²) in [5.41, 5.74) is 4.53. The average Bonchev–Trinajstić information content (AvgIpc) is 2.61. The summed E-state index contributed by atoms with van der Waals surface area (Å²) in [6, 6.07) is 16.7. The summed E-state index contributed by atoms with van der Waals surface area (Å²) in [6.45, 7) is 10.1. The fraction of sp³-hybridized carbons (Fsp3) is 0.238. The zero-order valence-electron chi connectivity index (χ0n) is 14.3. The van der Waals surface area contributed by atoms with Crippen LogP contribution in [0.1, 0.15) is 25.0 Å². The third-order valence-corrected chi connectivity index (χ3v) is 3.97. The highest BCUT2D eigenvalue weighted by Crippen LogP contribution is 2.34. The molecule has 23 heavy (non-hydrogen) atoms. The van der Waals surface area contributed by atoms with E-state index in [2.05, 4.69) is 55.7 Å². The second kappa shape index (κ2) is 8.23. The molecule has 0 aliphatic rings. The molecule has 2 aromatic carbocycles. The van der Waals surface area contributed by atoms with Crippen molar-refractivity contribution in [1.82, 2.24) is 0 Å². The first kappa shape index (κ1) is 16.9. The van der Waals surface area contributed by atoms with Crippen LogP contribution in [-0.4, -0.2) is 20.2 Å². The predicted octanol–water partition coefficient (Wildman–Crippen LogP) is 5.16. The normalized spacial score (nSPS) is 11.2. The van der Waals surface area contributed by atoms with Gasteiger partial charge in [-0.2, -0.15) is 0 Å². The van der Waals surface area contributed by atoms with Crippen LogP contribution >= 0.6 is 0 Å². The van der Waals surface area contributed by atoms with Crippen molar-refractivity contribution in [2.75, 3.05) is 25.1 Å². The number of hydrogen-bond donors (Lipinski definition) is 0. The van der Waals surface area contributed by atoms with Gasteiger partial charge in [0, 0.05) is 30.4 Å². The van der Waals surface area contributed by atoms with E-state index in [9.17, 15) is 0 Å². The molecule has 2 aromatic rings. The minimum absolute atomic E-state index is 0.881. The van der Waals surface area contributed by atoms with Crippen molar-refractivity contribution >= 4 is 11.3 Å². The maximum Gasteiger partial charge on any atom is 0.128 e. The highest BCUT2D eigenvalue weighted by atomic mass is 16.5. The van der Waals surface area contributed by atoms with Crippen LogP contribution in [-0.2, 0) is 0 Å². The summed E-state index contributed by atoms with van der Waals surface area (Å²) >= 11 is 0. The Hall–Kier alpha value is -2.48. The van der Waals surface area contributed by atoms with Crippen LogP contribution in [0, 0.1) is 0 Å². The summed E-state index contributed by atoms with van der Waals surface area (Å²) < 4.78 is 5.67. The van der Waals surface area contributed by atoms with Crippen LogP contribution in [0.4, 0.5) is 5.69 Å². The van der Waals surface area contributed by atoms with Gasteiger partial charge < -0.3 is 9.64 Å². The van der Waals surface area contributed by atoms with E-state index in [1.807, 2.05) is 30.4 Å².